The third-order valence-electron chi connectivity index (χ3n) is 2.39. The molecule has 4 heteroatoms. The van der Waals surface area contributed by atoms with Crippen molar-refractivity contribution in [2.75, 3.05) is 0 Å². The van der Waals surface area contributed by atoms with Gasteiger partial charge < -0.3 is 5.73 Å². The minimum absolute atomic E-state index is 0.123. The number of thiazole rings is 1. The van der Waals surface area contributed by atoms with E-state index in [2.05, 4.69) is 4.98 Å². The van der Waals surface area contributed by atoms with E-state index < -0.39 is 0 Å². The summed E-state index contributed by atoms with van der Waals surface area (Å²) in [6, 6.07) is 6.18. The largest absolute Gasteiger partial charge is 0.324 e. The van der Waals surface area contributed by atoms with Crippen molar-refractivity contribution in [2.24, 2.45) is 5.73 Å². The van der Waals surface area contributed by atoms with Crippen LogP contribution in [0.5, 0.6) is 0 Å². The van der Waals surface area contributed by atoms with Crippen LogP contribution in [-0.4, -0.2) is 4.98 Å². The number of hydrogen-bond acceptors (Lipinski definition) is 3. The SMILES string of the molecule is Cc1nc(CC(N)c2ccc(F)cc2)cs1. The summed E-state index contributed by atoms with van der Waals surface area (Å²) in [5.74, 6) is -0.236. The number of aromatic nitrogens is 1. The van der Waals surface area contributed by atoms with E-state index >= 15 is 0 Å². The fourth-order valence-electron chi connectivity index (χ4n) is 1.56. The Labute approximate surface area is 97.9 Å². The number of rotatable bonds is 3. The van der Waals surface area contributed by atoms with Crippen LogP contribution in [0.2, 0.25) is 0 Å². The second-order valence-corrected chi connectivity index (χ2v) is 4.78. The van der Waals surface area contributed by atoms with Crippen LogP contribution in [0.15, 0.2) is 29.6 Å². The van der Waals surface area contributed by atoms with Crippen molar-refractivity contribution in [1.29, 1.82) is 0 Å². The molecule has 2 aromatic rings. The average Bonchev–Trinajstić information content (AvgIpc) is 2.65. The molecule has 84 valence electrons. The topological polar surface area (TPSA) is 38.9 Å². The van der Waals surface area contributed by atoms with Gasteiger partial charge in [0.05, 0.1) is 10.7 Å². The zero-order valence-corrected chi connectivity index (χ0v) is 9.80. The van der Waals surface area contributed by atoms with Crippen LogP contribution in [0.1, 0.15) is 22.3 Å². The van der Waals surface area contributed by atoms with Crippen LogP contribution < -0.4 is 5.73 Å². The summed E-state index contributed by atoms with van der Waals surface area (Å²) in [5, 5.41) is 3.06. The first-order chi connectivity index (χ1) is 7.65. The Kier molecular flexibility index (Phi) is 3.31. The Morgan fingerprint density at radius 2 is 2.06 bits per heavy atom. The lowest BCUT2D eigenvalue weighted by Crippen LogP contribution is -2.13. The quantitative estimate of drug-likeness (QED) is 0.890. The highest BCUT2D eigenvalue weighted by Gasteiger charge is 2.09. The zero-order chi connectivity index (χ0) is 11.5. The number of halogens is 1. The highest BCUT2D eigenvalue weighted by molar-refractivity contribution is 7.09. The molecule has 2 N–H and O–H groups in total. The Hall–Kier alpha value is -1.26. The second-order valence-electron chi connectivity index (χ2n) is 3.72. The lowest BCUT2D eigenvalue weighted by atomic mass is 10.0. The molecule has 0 amide bonds. The van der Waals surface area contributed by atoms with Gasteiger partial charge in [-0.25, -0.2) is 9.37 Å². The van der Waals surface area contributed by atoms with Gasteiger partial charge in [0.25, 0.3) is 0 Å². The Morgan fingerprint density at radius 3 is 2.62 bits per heavy atom. The maximum atomic E-state index is 12.7. The van der Waals surface area contributed by atoms with Gasteiger partial charge in [0, 0.05) is 17.8 Å². The molecule has 1 aromatic carbocycles. The van der Waals surface area contributed by atoms with Gasteiger partial charge in [-0.15, -0.1) is 11.3 Å². The van der Waals surface area contributed by atoms with Crippen molar-refractivity contribution in [1.82, 2.24) is 4.98 Å². The van der Waals surface area contributed by atoms with Gasteiger partial charge in [0.1, 0.15) is 5.82 Å². The molecule has 1 unspecified atom stereocenters. The molecule has 0 fully saturated rings. The van der Waals surface area contributed by atoms with E-state index in [0.717, 1.165) is 16.3 Å². The summed E-state index contributed by atoms with van der Waals surface area (Å²) in [6.45, 7) is 1.97. The lowest BCUT2D eigenvalue weighted by molar-refractivity contribution is 0.624. The van der Waals surface area contributed by atoms with Crippen LogP contribution in [-0.2, 0) is 6.42 Å². The van der Waals surface area contributed by atoms with E-state index in [4.69, 9.17) is 5.73 Å². The summed E-state index contributed by atoms with van der Waals surface area (Å²) in [6.07, 6.45) is 0.690. The van der Waals surface area contributed by atoms with Crippen molar-refractivity contribution in [3.05, 3.63) is 51.7 Å². The van der Waals surface area contributed by atoms with Gasteiger partial charge in [-0.2, -0.15) is 0 Å². The maximum absolute atomic E-state index is 12.7. The van der Waals surface area contributed by atoms with Gasteiger partial charge in [-0.05, 0) is 24.6 Å². The van der Waals surface area contributed by atoms with E-state index in [-0.39, 0.29) is 11.9 Å². The molecule has 0 radical (unpaired) electrons. The predicted octanol–water partition coefficient (Wildman–Crippen LogP) is 2.83. The summed E-state index contributed by atoms with van der Waals surface area (Å²) in [5.41, 5.74) is 7.96. The average molecular weight is 236 g/mol. The Balaban J connectivity index is 2.08. The van der Waals surface area contributed by atoms with E-state index in [1.165, 1.54) is 12.1 Å². The lowest BCUT2D eigenvalue weighted by Gasteiger charge is -2.10. The fraction of sp³-hybridized carbons (Fsp3) is 0.250. The molecular weight excluding hydrogens is 223 g/mol. The molecule has 1 aromatic heterocycles. The normalized spacial score (nSPS) is 12.7. The second kappa shape index (κ2) is 4.72. The molecule has 1 atom stereocenters. The number of benzene rings is 1. The molecule has 0 aliphatic carbocycles. The molecule has 0 aliphatic rings. The van der Waals surface area contributed by atoms with Gasteiger partial charge >= 0.3 is 0 Å². The van der Waals surface area contributed by atoms with Crippen molar-refractivity contribution in [2.45, 2.75) is 19.4 Å². The van der Waals surface area contributed by atoms with Gasteiger partial charge in [-0.1, -0.05) is 12.1 Å². The first-order valence-corrected chi connectivity index (χ1v) is 5.95. The fourth-order valence-corrected chi connectivity index (χ4v) is 2.18. The van der Waals surface area contributed by atoms with Crippen molar-refractivity contribution in [3.8, 4) is 0 Å². The Morgan fingerprint density at radius 1 is 1.38 bits per heavy atom. The van der Waals surface area contributed by atoms with Crippen molar-refractivity contribution >= 4 is 11.3 Å². The van der Waals surface area contributed by atoms with Crippen LogP contribution in [0.3, 0.4) is 0 Å². The van der Waals surface area contributed by atoms with Crippen LogP contribution >= 0.6 is 11.3 Å². The molecule has 0 saturated carbocycles. The first kappa shape index (κ1) is 11.2. The highest BCUT2D eigenvalue weighted by atomic mass is 32.1. The Bertz CT molecular complexity index is 464. The zero-order valence-electron chi connectivity index (χ0n) is 8.98. The molecule has 0 spiro atoms. The summed E-state index contributed by atoms with van der Waals surface area (Å²) in [7, 11) is 0. The highest BCUT2D eigenvalue weighted by Crippen LogP contribution is 2.17. The minimum Gasteiger partial charge on any atom is -0.324 e. The first-order valence-electron chi connectivity index (χ1n) is 5.07. The van der Waals surface area contributed by atoms with Gasteiger partial charge in [-0.3, -0.25) is 0 Å². The monoisotopic (exact) mass is 236 g/mol. The number of hydrogen-bond donors (Lipinski definition) is 1. The van der Waals surface area contributed by atoms with Crippen LogP contribution in [0.4, 0.5) is 4.39 Å². The standard InChI is InChI=1S/C12H13FN2S/c1-8-15-11(7-16-8)6-12(14)9-2-4-10(13)5-3-9/h2-5,7,12H,6,14H2,1H3. The van der Waals surface area contributed by atoms with Crippen molar-refractivity contribution in [3.63, 3.8) is 0 Å². The number of nitrogens with two attached hydrogens (primary N) is 1. The molecule has 0 aliphatic heterocycles. The van der Waals surface area contributed by atoms with Crippen LogP contribution in [0.25, 0.3) is 0 Å². The molecule has 0 saturated heterocycles. The third kappa shape index (κ3) is 2.65. The van der Waals surface area contributed by atoms with E-state index in [1.807, 2.05) is 12.3 Å². The number of nitrogens with zero attached hydrogens (tertiary/aromatic N) is 1. The smallest absolute Gasteiger partial charge is 0.123 e. The molecule has 16 heavy (non-hydrogen) atoms. The van der Waals surface area contributed by atoms with Crippen molar-refractivity contribution < 1.29 is 4.39 Å². The molecular formula is C12H13FN2S. The molecule has 2 nitrogen and oxygen atoms in total. The maximum Gasteiger partial charge on any atom is 0.123 e. The summed E-state index contributed by atoms with van der Waals surface area (Å²) < 4.78 is 12.7. The van der Waals surface area contributed by atoms with Gasteiger partial charge in [0.15, 0.2) is 0 Å². The van der Waals surface area contributed by atoms with Gasteiger partial charge in [0.2, 0.25) is 0 Å². The summed E-state index contributed by atoms with van der Waals surface area (Å²) >= 11 is 1.62. The molecule has 1 heterocycles. The van der Waals surface area contributed by atoms with E-state index in [1.54, 1.807) is 23.5 Å². The minimum atomic E-state index is -0.236. The molecule has 2 rings (SSSR count). The number of aryl methyl sites for hydroxylation is 1. The van der Waals surface area contributed by atoms with E-state index in [9.17, 15) is 4.39 Å². The van der Waals surface area contributed by atoms with E-state index in [0.29, 0.717) is 6.42 Å². The molecule has 0 bridgehead atoms. The van der Waals surface area contributed by atoms with Crippen LogP contribution in [0, 0.1) is 12.7 Å². The third-order valence-corrected chi connectivity index (χ3v) is 3.22. The predicted molar refractivity (Wildman–Crippen MR) is 63.9 cm³/mol. The summed E-state index contributed by atoms with van der Waals surface area (Å²) in [4.78, 5) is 4.36.